The Balaban J connectivity index is 1.38. The summed E-state index contributed by atoms with van der Waals surface area (Å²) in [6, 6.07) is 5.44. The molecule has 4 atom stereocenters. The van der Waals surface area contributed by atoms with Gasteiger partial charge in [0.1, 0.15) is 12.4 Å². The van der Waals surface area contributed by atoms with Crippen molar-refractivity contribution < 1.29 is 41.8 Å². The average molecular weight is 565 g/mol. The van der Waals surface area contributed by atoms with Gasteiger partial charge in [-0.05, 0) is 73.6 Å². The lowest BCUT2D eigenvalue weighted by molar-refractivity contribution is -0.181. The van der Waals surface area contributed by atoms with Gasteiger partial charge < -0.3 is 25.4 Å². The maximum Gasteiger partial charge on any atom is 0.416 e. The van der Waals surface area contributed by atoms with E-state index >= 15 is 0 Å². The molecule has 2 fully saturated rings. The molecule has 9 nitrogen and oxygen atoms in total. The number of nitrogens with one attached hydrogen (secondary N) is 2. The molecule has 2 aromatic carbocycles. The molecule has 3 N–H and O–H groups in total. The summed E-state index contributed by atoms with van der Waals surface area (Å²) < 4.78 is 60.7. The van der Waals surface area contributed by atoms with Gasteiger partial charge in [0.05, 0.1) is 11.6 Å². The Bertz CT molecular complexity index is 1370. The number of amides is 4. The molecule has 0 radical (unpaired) electrons. The van der Waals surface area contributed by atoms with Crippen molar-refractivity contribution in [2.24, 2.45) is 0 Å². The van der Waals surface area contributed by atoms with Gasteiger partial charge in [0.25, 0.3) is 5.91 Å². The Morgan fingerprint density at radius 3 is 2.62 bits per heavy atom. The molecule has 3 aliphatic rings. The van der Waals surface area contributed by atoms with Crippen molar-refractivity contribution in [3.05, 3.63) is 64.5 Å². The summed E-state index contributed by atoms with van der Waals surface area (Å²) in [6.45, 7) is 1.07. The minimum Gasteiger partial charge on any atom is -0.351 e. The lowest BCUT2D eigenvalue weighted by Gasteiger charge is -2.32. The predicted molar refractivity (Wildman–Crippen MR) is 133 cm³/mol. The molecule has 3 unspecified atom stereocenters. The highest BCUT2D eigenvalue weighted by atomic mass is 19.4. The van der Waals surface area contributed by atoms with Crippen molar-refractivity contribution in [3.63, 3.8) is 0 Å². The Kier molecular flexibility index (Phi) is 6.99. The second-order valence-corrected chi connectivity index (χ2v) is 10.3. The zero-order valence-corrected chi connectivity index (χ0v) is 21.7. The Morgan fingerprint density at radius 2 is 1.93 bits per heavy atom. The number of urea groups is 1. The van der Waals surface area contributed by atoms with Crippen LogP contribution < -0.4 is 10.6 Å². The molecule has 13 heteroatoms. The Morgan fingerprint density at radius 1 is 1.18 bits per heavy atom. The number of hydrogen-bond acceptors (Lipinski definition) is 5. The number of nitrogens with zero attached hydrogens (tertiary/aromatic N) is 2. The number of aliphatic hydroxyl groups excluding tert-OH is 1. The molecular weight excluding hydrogens is 536 g/mol. The summed E-state index contributed by atoms with van der Waals surface area (Å²) in [7, 11) is 1.47. The summed E-state index contributed by atoms with van der Waals surface area (Å²) >= 11 is 0. The lowest BCUT2D eigenvalue weighted by atomic mass is 9.94. The summed E-state index contributed by atoms with van der Waals surface area (Å²) in [5, 5.41) is 15.8. The molecule has 2 saturated heterocycles. The molecule has 40 heavy (non-hydrogen) atoms. The Hall–Kier alpha value is -3.71. The first-order valence-electron chi connectivity index (χ1n) is 12.8. The van der Waals surface area contributed by atoms with Crippen LogP contribution in [-0.2, 0) is 32.5 Å². The first-order chi connectivity index (χ1) is 18.9. The molecule has 214 valence electrons. The van der Waals surface area contributed by atoms with Gasteiger partial charge in [-0.1, -0.05) is 12.1 Å². The standard InChI is InChI=1S/C27H28F4N4O5/c1-14-3-8-21(18-6-4-16(28)12-20(18)27(29,30)31)35(14)22(36)13-34-23(37)26(40-25(34)39)10-9-15-11-17(5-7-19(15)26)33-24(38)32-2/h4-7,11-12,14,21,25,39H,3,8-10,13H2,1-2H3,(H2,32,33,38)/t14?,21?,25?,26-/m1/s1. The number of likely N-dealkylation sites (tertiary alicyclic amines) is 1. The molecule has 4 amide bonds. The smallest absolute Gasteiger partial charge is 0.351 e. The zero-order valence-electron chi connectivity index (χ0n) is 21.7. The number of benzene rings is 2. The second kappa shape index (κ2) is 10.0. The van der Waals surface area contributed by atoms with Gasteiger partial charge in [-0.3, -0.25) is 14.5 Å². The van der Waals surface area contributed by atoms with Crippen LogP contribution in [0.3, 0.4) is 0 Å². The van der Waals surface area contributed by atoms with Crippen LogP contribution in [-0.4, -0.2) is 58.8 Å². The zero-order chi connectivity index (χ0) is 29.0. The summed E-state index contributed by atoms with van der Waals surface area (Å²) in [5.41, 5.74) is -1.18. The van der Waals surface area contributed by atoms with E-state index in [1.54, 1.807) is 25.1 Å². The van der Waals surface area contributed by atoms with Crippen LogP contribution in [0, 0.1) is 5.82 Å². The molecule has 0 bridgehead atoms. The highest BCUT2D eigenvalue weighted by Gasteiger charge is 2.57. The topological polar surface area (TPSA) is 111 Å². The number of anilines is 1. The van der Waals surface area contributed by atoms with Gasteiger partial charge in [0, 0.05) is 18.8 Å². The quantitative estimate of drug-likeness (QED) is 0.492. The molecular formula is C27H28F4N4O5. The van der Waals surface area contributed by atoms with Gasteiger partial charge in [0.15, 0.2) is 5.60 Å². The van der Waals surface area contributed by atoms with Crippen molar-refractivity contribution in [1.29, 1.82) is 0 Å². The predicted octanol–water partition coefficient (Wildman–Crippen LogP) is 3.62. The van der Waals surface area contributed by atoms with E-state index in [1.165, 1.54) is 11.9 Å². The monoisotopic (exact) mass is 564 g/mol. The maximum atomic E-state index is 13.7. The van der Waals surface area contributed by atoms with Crippen LogP contribution in [0.1, 0.15) is 54.5 Å². The number of ether oxygens (including phenoxy) is 1. The lowest BCUT2D eigenvalue weighted by Crippen LogP contribution is -2.47. The van der Waals surface area contributed by atoms with Crippen LogP contribution in [0.15, 0.2) is 36.4 Å². The molecule has 1 spiro atoms. The van der Waals surface area contributed by atoms with Crippen molar-refractivity contribution in [1.82, 2.24) is 15.1 Å². The normalized spacial score (nSPS) is 26.0. The van der Waals surface area contributed by atoms with E-state index in [4.69, 9.17) is 4.74 Å². The van der Waals surface area contributed by atoms with E-state index in [1.807, 2.05) is 0 Å². The fourth-order valence-electron chi connectivity index (χ4n) is 6.03. The van der Waals surface area contributed by atoms with E-state index in [0.717, 1.165) is 22.6 Å². The third-order valence-corrected chi connectivity index (χ3v) is 7.89. The van der Waals surface area contributed by atoms with E-state index in [9.17, 15) is 37.1 Å². The third kappa shape index (κ3) is 4.66. The van der Waals surface area contributed by atoms with Crippen molar-refractivity contribution in [2.75, 3.05) is 18.9 Å². The molecule has 2 heterocycles. The molecule has 1 aliphatic carbocycles. The number of aliphatic hydroxyl groups is 1. The summed E-state index contributed by atoms with van der Waals surface area (Å²) in [5.74, 6) is -2.34. The van der Waals surface area contributed by atoms with E-state index < -0.39 is 66.0 Å². The first kappa shape index (κ1) is 27.8. The Labute approximate surface area is 227 Å². The van der Waals surface area contributed by atoms with Crippen LogP contribution in [0.4, 0.5) is 28.0 Å². The second-order valence-electron chi connectivity index (χ2n) is 10.3. The van der Waals surface area contributed by atoms with Gasteiger partial charge in [0.2, 0.25) is 12.3 Å². The summed E-state index contributed by atoms with van der Waals surface area (Å²) in [4.78, 5) is 40.9. The molecule has 2 aliphatic heterocycles. The minimum absolute atomic E-state index is 0.194. The molecule has 0 saturated carbocycles. The fraction of sp³-hybridized carbons (Fsp3) is 0.444. The van der Waals surface area contributed by atoms with Gasteiger partial charge in [-0.25, -0.2) is 9.18 Å². The number of alkyl halides is 3. The van der Waals surface area contributed by atoms with Crippen LogP contribution in [0.25, 0.3) is 0 Å². The van der Waals surface area contributed by atoms with Crippen LogP contribution in [0.2, 0.25) is 0 Å². The van der Waals surface area contributed by atoms with E-state index in [-0.39, 0.29) is 18.4 Å². The average Bonchev–Trinajstić information content (AvgIpc) is 3.53. The van der Waals surface area contributed by atoms with Crippen molar-refractivity contribution in [2.45, 2.75) is 62.9 Å². The van der Waals surface area contributed by atoms with Gasteiger partial charge in [-0.15, -0.1) is 0 Å². The van der Waals surface area contributed by atoms with Gasteiger partial charge in [-0.2, -0.15) is 13.2 Å². The highest BCUT2D eigenvalue weighted by Crippen LogP contribution is 2.47. The van der Waals surface area contributed by atoms with Crippen LogP contribution >= 0.6 is 0 Å². The SMILES string of the molecule is CNC(=O)Nc1ccc2c(c1)CC[C@@]21OC(O)N(CC(=O)N2C(C)CCC2c2ccc(F)cc2C(F)(F)F)C1=O. The molecule has 5 rings (SSSR count). The number of carbonyl (C=O) groups excluding carboxylic acids is 3. The number of carbonyl (C=O) groups is 3. The van der Waals surface area contributed by atoms with Gasteiger partial charge >= 0.3 is 12.2 Å². The maximum absolute atomic E-state index is 13.7. The summed E-state index contributed by atoms with van der Waals surface area (Å²) in [6.07, 6.45) is -5.35. The van der Waals surface area contributed by atoms with Crippen LogP contribution in [0.5, 0.6) is 0 Å². The number of aryl methyl sites for hydroxylation is 1. The van der Waals surface area contributed by atoms with Crippen molar-refractivity contribution >= 4 is 23.5 Å². The minimum atomic E-state index is -4.83. The van der Waals surface area contributed by atoms with E-state index in [0.29, 0.717) is 30.2 Å². The first-order valence-corrected chi connectivity index (χ1v) is 12.8. The number of hydrogen-bond donors (Lipinski definition) is 3. The van der Waals surface area contributed by atoms with E-state index in [2.05, 4.69) is 10.6 Å². The number of rotatable bonds is 4. The highest BCUT2D eigenvalue weighted by molar-refractivity contribution is 5.94. The largest absolute Gasteiger partial charge is 0.416 e. The fourth-order valence-corrected chi connectivity index (χ4v) is 6.03. The third-order valence-electron chi connectivity index (χ3n) is 7.89. The number of halogens is 4. The molecule has 0 aromatic heterocycles. The van der Waals surface area contributed by atoms with Crippen molar-refractivity contribution in [3.8, 4) is 0 Å². The molecule has 2 aromatic rings. The number of fused-ring (bicyclic) bond motifs is 2.